The molecule has 0 N–H and O–H groups in total. The molecule has 3 rings (SSSR count). The molecule has 2 heterocycles. The number of nitrogens with zero attached hydrogens (tertiary/aromatic N) is 2. The standard InChI is InChI=1S/C20H20N2O3/c1-2-25-20(24)17-12-16(11-14-6-8-15(13-21)9-7-14)19(23)22-10-4-3-5-18(17)22/h6-9,12H,2-5,10-11H2,1H3. The van der Waals surface area contributed by atoms with E-state index in [0.717, 1.165) is 30.5 Å². The van der Waals surface area contributed by atoms with Crippen LogP contribution in [-0.4, -0.2) is 17.1 Å². The molecule has 5 heteroatoms. The quantitative estimate of drug-likeness (QED) is 0.805. The summed E-state index contributed by atoms with van der Waals surface area (Å²) in [4.78, 5) is 25.2. The summed E-state index contributed by atoms with van der Waals surface area (Å²) >= 11 is 0. The zero-order valence-corrected chi connectivity index (χ0v) is 14.2. The fourth-order valence-corrected chi connectivity index (χ4v) is 3.26. The molecule has 1 aromatic heterocycles. The van der Waals surface area contributed by atoms with Gasteiger partial charge in [-0.05, 0) is 49.9 Å². The molecule has 0 fully saturated rings. The number of aromatic nitrogens is 1. The predicted molar refractivity (Wildman–Crippen MR) is 93.6 cm³/mol. The molecular formula is C20H20N2O3. The smallest absolute Gasteiger partial charge is 0.339 e. The highest BCUT2D eigenvalue weighted by atomic mass is 16.5. The van der Waals surface area contributed by atoms with Gasteiger partial charge in [0.25, 0.3) is 5.56 Å². The summed E-state index contributed by atoms with van der Waals surface area (Å²) in [6.45, 7) is 2.72. The van der Waals surface area contributed by atoms with Crippen LogP contribution in [0.1, 0.15) is 52.5 Å². The van der Waals surface area contributed by atoms with E-state index >= 15 is 0 Å². The number of hydrogen-bond donors (Lipinski definition) is 0. The lowest BCUT2D eigenvalue weighted by Gasteiger charge is -2.22. The monoisotopic (exact) mass is 336 g/mol. The van der Waals surface area contributed by atoms with Gasteiger partial charge in [0.05, 0.1) is 23.8 Å². The van der Waals surface area contributed by atoms with E-state index in [2.05, 4.69) is 6.07 Å². The molecule has 5 nitrogen and oxygen atoms in total. The first kappa shape index (κ1) is 17.0. The predicted octanol–water partition coefficient (Wildman–Crippen LogP) is 2.82. The highest BCUT2D eigenvalue weighted by Crippen LogP contribution is 2.20. The Balaban J connectivity index is 2.03. The Morgan fingerprint density at radius 2 is 2.04 bits per heavy atom. The minimum atomic E-state index is -0.366. The molecule has 0 bridgehead atoms. The number of rotatable bonds is 4. The molecule has 0 saturated carbocycles. The molecule has 1 aliphatic heterocycles. The second kappa shape index (κ2) is 7.35. The van der Waals surface area contributed by atoms with Crippen molar-refractivity contribution in [3.8, 4) is 6.07 Å². The molecule has 0 aliphatic carbocycles. The van der Waals surface area contributed by atoms with Gasteiger partial charge in [0.2, 0.25) is 0 Å². The van der Waals surface area contributed by atoms with Crippen LogP contribution in [0.4, 0.5) is 0 Å². The molecule has 0 radical (unpaired) electrons. The van der Waals surface area contributed by atoms with Crippen molar-refractivity contribution in [1.29, 1.82) is 5.26 Å². The maximum atomic E-state index is 12.8. The fraction of sp³-hybridized carbons (Fsp3) is 0.350. The van der Waals surface area contributed by atoms with Crippen LogP contribution in [0.25, 0.3) is 0 Å². The third-order valence-corrected chi connectivity index (χ3v) is 4.49. The largest absolute Gasteiger partial charge is 0.462 e. The van der Waals surface area contributed by atoms with E-state index in [0.29, 0.717) is 36.3 Å². The van der Waals surface area contributed by atoms with Gasteiger partial charge < -0.3 is 9.30 Å². The van der Waals surface area contributed by atoms with Gasteiger partial charge in [0.15, 0.2) is 0 Å². The van der Waals surface area contributed by atoms with Gasteiger partial charge in [0, 0.05) is 24.2 Å². The van der Waals surface area contributed by atoms with E-state index in [-0.39, 0.29) is 11.5 Å². The highest BCUT2D eigenvalue weighted by molar-refractivity contribution is 5.91. The van der Waals surface area contributed by atoms with Gasteiger partial charge >= 0.3 is 5.97 Å². The Kier molecular flexibility index (Phi) is 4.99. The molecule has 0 spiro atoms. The number of pyridine rings is 1. The topological polar surface area (TPSA) is 72.1 Å². The normalized spacial score (nSPS) is 13.0. The van der Waals surface area contributed by atoms with Crippen molar-refractivity contribution in [2.75, 3.05) is 6.61 Å². The highest BCUT2D eigenvalue weighted by Gasteiger charge is 2.22. The summed E-state index contributed by atoms with van der Waals surface area (Å²) in [6, 6.07) is 10.9. The van der Waals surface area contributed by atoms with Crippen molar-refractivity contribution in [2.45, 2.75) is 39.2 Å². The van der Waals surface area contributed by atoms with Crippen molar-refractivity contribution in [1.82, 2.24) is 4.57 Å². The second-order valence-electron chi connectivity index (χ2n) is 6.15. The average molecular weight is 336 g/mol. The third-order valence-electron chi connectivity index (χ3n) is 4.49. The van der Waals surface area contributed by atoms with Crippen LogP contribution >= 0.6 is 0 Å². The van der Waals surface area contributed by atoms with Crippen molar-refractivity contribution in [3.05, 3.63) is 68.6 Å². The van der Waals surface area contributed by atoms with Crippen LogP contribution in [-0.2, 0) is 24.1 Å². The summed E-state index contributed by atoms with van der Waals surface area (Å²) in [5.41, 5.74) is 3.36. The summed E-state index contributed by atoms with van der Waals surface area (Å²) in [7, 11) is 0. The maximum absolute atomic E-state index is 12.8. The van der Waals surface area contributed by atoms with E-state index in [9.17, 15) is 9.59 Å². The Labute approximate surface area is 146 Å². The first-order valence-corrected chi connectivity index (χ1v) is 8.55. The van der Waals surface area contributed by atoms with Gasteiger partial charge in [-0.2, -0.15) is 5.26 Å². The van der Waals surface area contributed by atoms with E-state index in [1.807, 2.05) is 12.1 Å². The van der Waals surface area contributed by atoms with Gasteiger partial charge in [-0.3, -0.25) is 4.79 Å². The van der Waals surface area contributed by atoms with E-state index in [1.165, 1.54) is 0 Å². The lowest BCUT2D eigenvalue weighted by Crippen LogP contribution is -2.32. The molecular weight excluding hydrogens is 316 g/mol. The Bertz CT molecular complexity index is 889. The molecule has 1 aliphatic rings. The number of carbonyl (C=O) groups excluding carboxylic acids is 1. The first-order valence-electron chi connectivity index (χ1n) is 8.55. The molecule has 25 heavy (non-hydrogen) atoms. The zero-order chi connectivity index (χ0) is 17.8. The van der Waals surface area contributed by atoms with Gasteiger partial charge in [-0.15, -0.1) is 0 Å². The Morgan fingerprint density at radius 3 is 2.72 bits per heavy atom. The SMILES string of the molecule is CCOC(=O)c1cc(Cc2ccc(C#N)cc2)c(=O)n2c1CCCC2. The zero-order valence-electron chi connectivity index (χ0n) is 14.2. The molecule has 0 unspecified atom stereocenters. The molecule has 0 amide bonds. The van der Waals surface area contributed by atoms with Crippen LogP contribution in [0.3, 0.4) is 0 Å². The molecule has 0 saturated heterocycles. The first-order chi connectivity index (χ1) is 12.1. The maximum Gasteiger partial charge on any atom is 0.339 e. The van der Waals surface area contributed by atoms with Crippen molar-refractivity contribution < 1.29 is 9.53 Å². The van der Waals surface area contributed by atoms with Gasteiger partial charge in [0.1, 0.15) is 0 Å². The number of benzene rings is 1. The number of ether oxygens (including phenoxy) is 1. The molecule has 1 aromatic carbocycles. The molecule has 0 atom stereocenters. The molecule has 2 aromatic rings. The lowest BCUT2D eigenvalue weighted by atomic mass is 9.98. The lowest BCUT2D eigenvalue weighted by molar-refractivity contribution is 0.0523. The van der Waals surface area contributed by atoms with Crippen molar-refractivity contribution in [2.24, 2.45) is 0 Å². The number of esters is 1. The van der Waals surface area contributed by atoms with Crippen LogP contribution in [0, 0.1) is 11.3 Å². The van der Waals surface area contributed by atoms with Crippen molar-refractivity contribution in [3.63, 3.8) is 0 Å². The van der Waals surface area contributed by atoms with Crippen LogP contribution in [0.5, 0.6) is 0 Å². The summed E-state index contributed by atoms with van der Waals surface area (Å²) in [5.74, 6) is -0.366. The number of hydrogen-bond acceptors (Lipinski definition) is 4. The van der Waals surface area contributed by atoms with Crippen LogP contribution in [0.2, 0.25) is 0 Å². The average Bonchev–Trinajstić information content (AvgIpc) is 2.65. The summed E-state index contributed by atoms with van der Waals surface area (Å²) in [5, 5.41) is 8.89. The number of carbonyl (C=O) groups is 1. The minimum absolute atomic E-state index is 0.0351. The van der Waals surface area contributed by atoms with Crippen molar-refractivity contribution >= 4 is 5.97 Å². The van der Waals surface area contributed by atoms with Gasteiger partial charge in [-0.25, -0.2) is 4.79 Å². The third kappa shape index (κ3) is 3.48. The summed E-state index contributed by atoms with van der Waals surface area (Å²) < 4.78 is 6.91. The number of nitriles is 1. The van der Waals surface area contributed by atoms with E-state index in [1.54, 1.807) is 29.7 Å². The fourth-order valence-electron chi connectivity index (χ4n) is 3.26. The van der Waals surface area contributed by atoms with Crippen LogP contribution < -0.4 is 5.56 Å². The van der Waals surface area contributed by atoms with E-state index in [4.69, 9.17) is 10.00 Å². The van der Waals surface area contributed by atoms with Crippen LogP contribution in [0.15, 0.2) is 35.1 Å². The number of fused-ring (bicyclic) bond motifs is 1. The minimum Gasteiger partial charge on any atom is -0.462 e. The second-order valence-corrected chi connectivity index (χ2v) is 6.15. The Morgan fingerprint density at radius 1 is 1.28 bits per heavy atom. The van der Waals surface area contributed by atoms with E-state index < -0.39 is 0 Å². The summed E-state index contributed by atoms with van der Waals surface area (Å²) in [6.07, 6.45) is 3.06. The Hall–Kier alpha value is -2.87. The molecule has 128 valence electrons. The van der Waals surface area contributed by atoms with Gasteiger partial charge in [-0.1, -0.05) is 12.1 Å².